The summed E-state index contributed by atoms with van der Waals surface area (Å²) in [6, 6.07) is 13.5. The van der Waals surface area contributed by atoms with Crippen LogP contribution >= 0.6 is 11.6 Å². The molecular weight excluding hydrogens is 290 g/mol. The molecule has 2 aromatic rings. The predicted octanol–water partition coefficient (Wildman–Crippen LogP) is 3.01. The number of hydrogen-bond acceptors (Lipinski definition) is 2. The molecule has 0 saturated heterocycles. The minimum atomic E-state index is -0.969. The zero-order chi connectivity index (χ0) is 15.2. The van der Waals surface area contributed by atoms with E-state index in [1.807, 2.05) is 0 Å². The van der Waals surface area contributed by atoms with E-state index in [0.29, 0.717) is 29.1 Å². The lowest BCUT2D eigenvalue weighted by Gasteiger charge is -2.08. The topological polar surface area (TPSA) is 66.4 Å². The van der Waals surface area contributed by atoms with Gasteiger partial charge in [-0.25, -0.2) is 4.79 Å². The van der Waals surface area contributed by atoms with Crippen LogP contribution in [-0.4, -0.2) is 23.5 Å². The average Bonchev–Trinajstić information content (AvgIpc) is 2.48. The second-order valence-corrected chi connectivity index (χ2v) is 4.86. The lowest BCUT2D eigenvalue weighted by molar-refractivity contribution is 0.0695. The molecule has 2 N–H and O–H groups in total. The largest absolute Gasteiger partial charge is 0.478 e. The van der Waals surface area contributed by atoms with Gasteiger partial charge in [0, 0.05) is 6.54 Å². The Bertz CT molecular complexity index is 670. The molecule has 0 radical (unpaired) electrons. The Labute approximate surface area is 127 Å². The molecule has 108 valence electrons. The van der Waals surface area contributed by atoms with Crippen LogP contribution in [0.4, 0.5) is 0 Å². The second kappa shape index (κ2) is 6.90. The Kier molecular flexibility index (Phi) is 4.95. The number of aromatic carboxylic acids is 1. The number of carbonyl (C=O) groups is 2. The van der Waals surface area contributed by atoms with E-state index in [0.717, 1.165) is 0 Å². The number of nitrogens with one attached hydrogen (secondary N) is 1. The Hall–Kier alpha value is -2.33. The predicted molar refractivity (Wildman–Crippen MR) is 80.9 cm³/mol. The van der Waals surface area contributed by atoms with Crippen molar-refractivity contribution in [3.8, 4) is 0 Å². The highest BCUT2D eigenvalue weighted by Gasteiger charge is 2.11. The molecule has 0 saturated carbocycles. The molecule has 0 aliphatic heterocycles. The fraction of sp³-hybridized carbons (Fsp3) is 0.125. The van der Waals surface area contributed by atoms with Crippen LogP contribution in [0.2, 0.25) is 5.02 Å². The van der Waals surface area contributed by atoms with Gasteiger partial charge in [0.2, 0.25) is 0 Å². The monoisotopic (exact) mass is 303 g/mol. The zero-order valence-electron chi connectivity index (χ0n) is 11.2. The van der Waals surface area contributed by atoms with Gasteiger partial charge in [-0.2, -0.15) is 0 Å². The SMILES string of the molecule is O=C(NCCc1ccccc1C(=O)O)c1ccccc1Cl. The Balaban J connectivity index is 1.98. The molecule has 1 amide bonds. The first kappa shape index (κ1) is 15.1. The summed E-state index contributed by atoms with van der Waals surface area (Å²) >= 11 is 5.94. The summed E-state index contributed by atoms with van der Waals surface area (Å²) in [5, 5.41) is 12.2. The van der Waals surface area contributed by atoms with Crippen molar-refractivity contribution in [3.05, 3.63) is 70.2 Å². The van der Waals surface area contributed by atoms with Gasteiger partial charge < -0.3 is 10.4 Å². The van der Waals surface area contributed by atoms with Crippen molar-refractivity contribution in [1.29, 1.82) is 0 Å². The van der Waals surface area contributed by atoms with Gasteiger partial charge >= 0.3 is 5.97 Å². The van der Waals surface area contributed by atoms with Crippen LogP contribution < -0.4 is 5.32 Å². The van der Waals surface area contributed by atoms with E-state index in [4.69, 9.17) is 16.7 Å². The summed E-state index contributed by atoms with van der Waals surface area (Å²) in [5.74, 6) is -1.24. The molecule has 0 spiro atoms. The maximum atomic E-state index is 12.0. The van der Waals surface area contributed by atoms with E-state index in [9.17, 15) is 9.59 Å². The van der Waals surface area contributed by atoms with Crippen LogP contribution in [0.25, 0.3) is 0 Å². The number of carbonyl (C=O) groups excluding carboxylic acids is 1. The van der Waals surface area contributed by atoms with Gasteiger partial charge in [-0.05, 0) is 30.2 Å². The van der Waals surface area contributed by atoms with Crippen LogP contribution in [0.5, 0.6) is 0 Å². The third-order valence-corrected chi connectivity index (χ3v) is 3.38. The van der Waals surface area contributed by atoms with Gasteiger partial charge in [0.1, 0.15) is 0 Å². The zero-order valence-corrected chi connectivity index (χ0v) is 11.9. The van der Waals surface area contributed by atoms with Gasteiger partial charge in [0.05, 0.1) is 16.1 Å². The first-order valence-electron chi connectivity index (χ1n) is 6.43. The molecule has 2 rings (SSSR count). The van der Waals surface area contributed by atoms with Crippen LogP contribution in [0.1, 0.15) is 26.3 Å². The van der Waals surface area contributed by atoms with Gasteiger partial charge in [0.15, 0.2) is 0 Å². The second-order valence-electron chi connectivity index (χ2n) is 4.45. The maximum absolute atomic E-state index is 12.0. The summed E-state index contributed by atoms with van der Waals surface area (Å²) in [7, 11) is 0. The molecule has 0 aromatic heterocycles. The van der Waals surface area contributed by atoms with E-state index in [1.54, 1.807) is 48.5 Å². The van der Waals surface area contributed by atoms with Crippen LogP contribution in [0, 0.1) is 0 Å². The number of carboxylic acids is 1. The summed E-state index contributed by atoms with van der Waals surface area (Å²) in [6.07, 6.45) is 0.443. The quantitative estimate of drug-likeness (QED) is 0.892. The fourth-order valence-corrected chi connectivity index (χ4v) is 2.22. The van der Waals surface area contributed by atoms with Crippen molar-refractivity contribution in [3.63, 3.8) is 0 Å². The lowest BCUT2D eigenvalue weighted by atomic mass is 10.0. The van der Waals surface area contributed by atoms with E-state index in [-0.39, 0.29) is 11.5 Å². The molecule has 5 heteroatoms. The number of amides is 1. The maximum Gasteiger partial charge on any atom is 0.335 e. The summed E-state index contributed by atoms with van der Waals surface area (Å²) in [6.45, 7) is 0.342. The lowest BCUT2D eigenvalue weighted by Crippen LogP contribution is -2.26. The smallest absolute Gasteiger partial charge is 0.335 e. The summed E-state index contributed by atoms with van der Waals surface area (Å²) in [4.78, 5) is 23.0. The molecule has 4 nitrogen and oxygen atoms in total. The van der Waals surface area contributed by atoms with Gasteiger partial charge in [-0.15, -0.1) is 0 Å². The van der Waals surface area contributed by atoms with Crippen LogP contribution in [-0.2, 0) is 6.42 Å². The average molecular weight is 304 g/mol. The number of hydrogen-bond donors (Lipinski definition) is 2. The third kappa shape index (κ3) is 3.83. The van der Waals surface area contributed by atoms with Crippen molar-refractivity contribution in [2.24, 2.45) is 0 Å². The van der Waals surface area contributed by atoms with Crippen LogP contribution in [0.15, 0.2) is 48.5 Å². The van der Waals surface area contributed by atoms with Gasteiger partial charge in [-0.3, -0.25) is 4.79 Å². The molecule has 0 atom stereocenters. The molecule has 0 aliphatic carbocycles. The first-order valence-corrected chi connectivity index (χ1v) is 6.81. The van der Waals surface area contributed by atoms with Crippen molar-refractivity contribution in [1.82, 2.24) is 5.32 Å². The number of carboxylic acid groups (broad SMARTS) is 1. The van der Waals surface area contributed by atoms with Gasteiger partial charge in [0.25, 0.3) is 5.91 Å². The minimum Gasteiger partial charge on any atom is -0.478 e. The standard InChI is InChI=1S/C16H14ClNO3/c17-14-8-4-3-7-13(14)15(19)18-10-9-11-5-1-2-6-12(11)16(20)21/h1-8H,9-10H2,(H,18,19)(H,20,21). The molecule has 0 bridgehead atoms. The van der Waals surface area contributed by atoms with E-state index in [2.05, 4.69) is 5.32 Å². The Morgan fingerprint density at radius 2 is 1.62 bits per heavy atom. The highest BCUT2D eigenvalue weighted by Crippen LogP contribution is 2.14. The minimum absolute atomic E-state index is 0.254. The molecule has 0 unspecified atom stereocenters. The Morgan fingerprint density at radius 3 is 2.29 bits per heavy atom. The normalized spacial score (nSPS) is 10.1. The van der Waals surface area contributed by atoms with Crippen molar-refractivity contribution >= 4 is 23.5 Å². The van der Waals surface area contributed by atoms with Crippen molar-refractivity contribution < 1.29 is 14.7 Å². The van der Waals surface area contributed by atoms with Gasteiger partial charge in [-0.1, -0.05) is 41.9 Å². The molecule has 2 aromatic carbocycles. The number of rotatable bonds is 5. The van der Waals surface area contributed by atoms with Crippen molar-refractivity contribution in [2.75, 3.05) is 6.54 Å². The summed E-state index contributed by atoms with van der Waals surface area (Å²) in [5.41, 5.74) is 1.35. The molecule has 0 heterocycles. The highest BCUT2D eigenvalue weighted by atomic mass is 35.5. The van der Waals surface area contributed by atoms with Crippen LogP contribution in [0.3, 0.4) is 0 Å². The molecule has 21 heavy (non-hydrogen) atoms. The van der Waals surface area contributed by atoms with E-state index in [1.165, 1.54) is 0 Å². The van der Waals surface area contributed by atoms with E-state index >= 15 is 0 Å². The molecular formula is C16H14ClNO3. The molecule has 0 fully saturated rings. The van der Waals surface area contributed by atoms with E-state index < -0.39 is 5.97 Å². The first-order chi connectivity index (χ1) is 10.1. The molecule has 0 aliphatic rings. The summed E-state index contributed by atoms with van der Waals surface area (Å²) < 4.78 is 0. The third-order valence-electron chi connectivity index (χ3n) is 3.05. The highest BCUT2D eigenvalue weighted by molar-refractivity contribution is 6.33. The Morgan fingerprint density at radius 1 is 1.00 bits per heavy atom. The van der Waals surface area contributed by atoms with Crippen molar-refractivity contribution in [2.45, 2.75) is 6.42 Å². The number of halogens is 1. The fourth-order valence-electron chi connectivity index (χ4n) is 2.00. The number of benzene rings is 2.